The van der Waals surface area contributed by atoms with Crippen LogP contribution in [0.5, 0.6) is 11.5 Å². The molecule has 0 heterocycles. The van der Waals surface area contributed by atoms with E-state index in [0.717, 1.165) is 50.5 Å². The summed E-state index contributed by atoms with van der Waals surface area (Å²) < 4.78 is 0. The van der Waals surface area contributed by atoms with Gasteiger partial charge in [-0.15, -0.1) is 0 Å². The minimum Gasteiger partial charge on any atom is -0.508 e. The van der Waals surface area contributed by atoms with Gasteiger partial charge >= 0.3 is 0 Å². The molecule has 0 saturated heterocycles. The number of phenols is 2. The molecule has 0 radical (unpaired) electrons. The third kappa shape index (κ3) is 4.65. The molecule has 0 aromatic heterocycles. The summed E-state index contributed by atoms with van der Waals surface area (Å²) in [4.78, 5) is 0. The lowest BCUT2D eigenvalue weighted by Crippen LogP contribution is -1.92. The van der Waals surface area contributed by atoms with Crippen LogP contribution in [-0.2, 0) is 12.8 Å². The summed E-state index contributed by atoms with van der Waals surface area (Å²) in [5.74, 6) is 0.460. The van der Waals surface area contributed by atoms with Gasteiger partial charge in [0.2, 0.25) is 0 Å². The molecule has 0 atom stereocenters. The van der Waals surface area contributed by atoms with Gasteiger partial charge in [0.1, 0.15) is 11.5 Å². The predicted octanol–water partition coefficient (Wildman–Crippen LogP) is 4.15. The summed E-state index contributed by atoms with van der Waals surface area (Å²) in [6.45, 7) is 2.10. The summed E-state index contributed by atoms with van der Waals surface area (Å²) in [5.41, 5.74) is 1.68. The highest BCUT2D eigenvalue weighted by molar-refractivity contribution is 7.78. The fourth-order valence-corrected chi connectivity index (χ4v) is 2.18. The molecule has 0 bridgehead atoms. The number of rotatable bonds is 8. The number of phenolic OH excluding ortho intramolecular Hbond substituents is 2. The Bertz CT molecular complexity index is 365. The highest BCUT2D eigenvalue weighted by Crippen LogP contribution is 2.30. The van der Waals surface area contributed by atoms with Crippen molar-refractivity contribution in [1.82, 2.24) is 0 Å². The summed E-state index contributed by atoms with van der Waals surface area (Å²) >= 11 is 4.78. The second-order valence-corrected chi connectivity index (χ2v) is 4.96. The van der Waals surface area contributed by atoms with Crippen LogP contribution in [0.1, 0.15) is 50.2 Å². The van der Waals surface area contributed by atoms with E-state index in [2.05, 4.69) is 6.92 Å². The van der Waals surface area contributed by atoms with Gasteiger partial charge < -0.3 is 10.2 Å². The average Bonchev–Trinajstić information content (AvgIpc) is 2.34. The monoisotopic (exact) mass is 266 g/mol. The first-order valence-corrected chi connectivity index (χ1v) is 7.13. The van der Waals surface area contributed by atoms with Gasteiger partial charge in [0.25, 0.3) is 0 Å². The number of thiocarbonyl (C=S) groups is 1. The Morgan fingerprint density at radius 3 is 2.28 bits per heavy atom. The molecule has 0 aliphatic heterocycles. The van der Waals surface area contributed by atoms with Crippen LogP contribution in [0.2, 0.25) is 0 Å². The van der Waals surface area contributed by atoms with Gasteiger partial charge in [-0.2, -0.15) is 0 Å². The molecule has 0 amide bonds. The summed E-state index contributed by atoms with van der Waals surface area (Å²) in [6, 6.07) is 3.56. The second kappa shape index (κ2) is 8.09. The van der Waals surface area contributed by atoms with E-state index in [-0.39, 0.29) is 11.5 Å². The number of hydrogen-bond acceptors (Lipinski definition) is 3. The van der Waals surface area contributed by atoms with Crippen molar-refractivity contribution in [3.05, 3.63) is 23.3 Å². The van der Waals surface area contributed by atoms with E-state index >= 15 is 0 Å². The highest BCUT2D eigenvalue weighted by Gasteiger charge is 2.09. The zero-order chi connectivity index (χ0) is 13.4. The molecule has 0 unspecified atom stereocenters. The molecule has 100 valence electrons. The van der Waals surface area contributed by atoms with Crippen LogP contribution in [-0.4, -0.2) is 15.6 Å². The van der Waals surface area contributed by atoms with Gasteiger partial charge in [-0.05, 0) is 61.6 Å². The molecule has 0 aliphatic carbocycles. The Labute approximate surface area is 115 Å². The predicted molar refractivity (Wildman–Crippen MR) is 79.6 cm³/mol. The number of benzene rings is 1. The highest BCUT2D eigenvalue weighted by atomic mass is 32.1. The Morgan fingerprint density at radius 1 is 1.06 bits per heavy atom. The third-order valence-electron chi connectivity index (χ3n) is 3.08. The van der Waals surface area contributed by atoms with Crippen LogP contribution in [0.25, 0.3) is 0 Å². The van der Waals surface area contributed by atoms with Crippen LogP contribution in [0.3, 0.4) is 0 Å². The van der Waals surface area contributed by atoms with Gasteiger partial charge in [-0.3, -0.25) is 0 Å². The van der Waals surface area contributed by atoms with Crippen molar-refractivity contribution in [2.75, 3.05) is 0 Å². The molecule has 0 spiro atoms. The molecular formula is C15H22O2S. The molecule has 2 nitrogen and oxygen atoms in total. The molecule has 1 aromatic rings. The van der Waals surface area contributed by atoms with Crippen LogP contribution < -0.4 is 0 Å². The van der Waals surface area contributed by atoms with E-state index in [1.165, 1.54) is 0 Å². The summed E-state index contributed by atoms with van der Waals surface area (Å²) in [7, 11) is 0. The van der Waals surface area contributed by atoms with Gasteiger partial charge in [-0.1, -0.05) is 25.6 Å². The third-order valence-corrected chi connectivity index (χ3v) is 3.32. The van der Waals surface area contributed by atoms with Gasteiger partial charge in [0.15, 0.2) is 0 Å². The fraction of sp³-hybridized carbons (Fsp3) is 0.533. The van der Waals surface area contributed by atoms with Gasteiger partial charge in [0, 0.05) is 5.56 Å². The van der Waals surface area contributed by atoms with E-state index in [0.29, 0.717) is 5.56 Å². The van der Waals surface area contributed by atoms with Crippen LogP contribution >= 0.6 is 12.2 Å². The number of hydrogen-bond donors (Lipinski definition) is 2. The first-order valence-electron chi connectivity index (χ1n) is 6.66. The minimum atomic E-state index is 0.230. The molecule has 0 aliphatic rings. The van der Waals surface area contributed by atoms with Crippen LogP contribution in [0.15, 0.2) is 12.1 Å². The van der Waals surface area contributed by atoms with E-state index in [4.69, 9.17) is 12.2 Å². The smallest absolute Gasteiger partial charge is 0.122 e. The fourth-order valence-electron chi connectivity index (χ4n) is 2.01. The maximum Gasteiger partial charge on any atom is 0.122 e. The molecule has 18 heavy (non-hydrogen) atoms. The van der Waals surface area contributed by atoms with E-state index in [1.807, 2.05) is 0 Å². The van der Waals surface area contributed by atoms with E-state index in [9.17, 15) is 10.2 Å². The quantitative estimate of drug-likeness (QED) is 0.548. The zero-order valence-corrected chi connectivity index (χ0v) is 11.8. The topological polar surface area (TPSA) is 40.5 Å². The zero-order valence-electron chi connectivity index (χ0n) is 11.0. The van der Waals surface area contributed by atoms with Crippen molar-refractivity contribution in [3.63, 3.8) is 0 Å². The Hall–Kier alpha value is -1.09. The first-order chi connectivity index (χ1) is 8.69. The van der Waals surface area contributed by atoms with Crippen molar-refractivity contribution in [1.29, 1.82) is 0 Å². The van der Waals surface area contributed by atoms with Gasteiger partial charge in [0.05, 0.1) is 0 Å². The minimum absolute atomic E-state index is 0.230. The summed E-state index contributed by atoms with van der Waals surface area (Å²) in [6.07, 6.45) is 6.68. The first kappa shape index (κ1) is 15.0. The van der Waals surface area contributed by atoms with Gasteiger partial charge in [-0.25, -0.2) is 0 Å². The van der Waals surface area contributed by atoms with Crippen molar-refractivity contribution in [2.24, 2.45) is 0 Å². The second-order valence-electron chi connectivity index (χ2n) is 4.63. The van der Waals surface area contributed by atoms with Crippen molar-refractivity contribution in [3.8, 4) is 11.5 Å². The Kier molecular flexibility index (Phi) is 6.73. The number of aryl methyl sites for hydroxylation is 1. The number of aromatic hydroxyl groups is 2. The molecular weight excluding hydrogens is 244 g/mol. The van der Waals surface area contributed by atoms with Crippen molar-refractivity contribution in [2.45, 2.75) is 51.9 Å². The molecule has 1 rings (SSSR count). The van der Waals surface area contributed by atoms with Crippen molar-refractivity contribution >= 4 is 17.6 Å². The number of unbranched alkanes of at least 4 members (excludes halogenated alkanes) is 3. The maximum absolute atomic E-state index is 9.92. The van der Waals surface area contributed by atoms with Crippen LogP contribution in [0.4, 0.5) is 0 Å². The lowest BCUT2D eigenvalue weighted by Gasteiger charge is -2.09. The standard InChI is InChI=1S/C15H22O2S/c1-2-3-8-13-14(16)10-12(11-15(13)17)7-5-4-6-9-18/h9-11,16-17H,2-8H2,1H3. The Morgan fingerprint density at radius 2 is 1.72 bits per heavy atom. The largest absolute Gasteiger partial charge is 0.508 e. The molecule has 0 saturated carbocycles. The van der Waals surface area contributed by atoms with E-state index in [1.54, 1.807) is 17.5 Å². The van der Waals surface area contributed by atoms with Crippen LogP contribution in [0, 0.1) is 0 Å². The lowest BCUT2D eigenvalue weighted by molar-refractivity contribution is 0.435. The normalized spacial score (nSPS) is 10.5. The average molecular weight is 266 g/mol. The SMILES string of the molecule is CCCCc1c(O)cc(CCCCC=S)cc1O. The Balaban J connectivity index is 2.64. The molecule has 0 fully saturated rings. The van der Waals surface area contributed by atoms with E-state index < -0.39 is 0 Å². The maximum atomic E-state index is 9.92. The molecule has 1 aromatic carbocycles. The molecule has 2 N–H and O–H groups in total. The lowest BCUT2D eigenvalue weighted by atomic mass is 10.0. The van der Waals surface area contributed by atoms with Crippen molar-refractivity contribution < 1.29 is 10.2 Å². The molecule has 3 heteroatoms. The summed E-state index contributed by atoms with van der Waals surface area (Å²) in [5, 5.41) is 21.6.